The molecule has 3 rings (SSSR count). The summed E-state index contributed by atoms with van der Waals surface area (Å²) < 4.78 is 11.3. The van der Waals surface area contributed by atoms with E-state index < -0.39 is 10.8 Å². The number of nitrogens with one attached hydrogen (secondary N) is 1. The molecule has 1 saturated heterocycles. The van der Waals surface area contributed by atoms with E-state index in [2.05, 4.69) is 20.5 Å². The molecule has 1 aliphatic heterocycles. The van der Waals surface area contributed by atoms with E-state index in [0.29, 0.717) is 22.5 Å². The Morgan fingerprint density at radius 2 is 1.85 bits per heavy atom. The lowest BCUT2D eigenvalue weighted by atomic mass is 10.1. The van der Waals surface area contributed by atoms with Crippen LogP contribution < -0.4 is 5.32 Å². The number of fused-ring (bicyclic) bond motifs is 1. The largest absolute Gasteiger partial charge is 0.346 e. The maximum absolute atomic E-state index is 12.1. The highest BCUT2D eigenvalue weighted by Gasteiger charge is 2.21. The van der Waals surface area contributed by atoms with Crippen LogP contribution in [0.1, 0.15) is 23.5 Å². The summed E-state index contributed by atoms with van der Waals surface area (Å²) in [6, 6.07) is 7.34. The summed E-state index contributed by atoms with van der Waals surface area (Å²) in [4.78, 5) is 16.3. The van der Waals surface area contributed by atoms with Crippen LogP contribution in [0.3, 0.4) is 0 Å². The van der Waals surface area contributed by atoms with Crippen LogP contribution in [0.2, 0.25) is 0 Å². The van der Waals surface area contributed by atoms with E-state index in [0.717, 1.165) is 12.8 Å². The average Bonchev–Trinajstić information content (AvgIpc) is 2.49. The molecule has 1 N–H and O–H groups in total. The van der Waals surface area contributed by atoms with Crippen molar-refractivity contribution >= 4 is 27.7 Å². The van der Waals surface area contributed by atoms with Gasteiger partial charge in [-0.1, -0.05) is 12.1 Å². The van der Waals surface area contributed by atoms with Gasteiger partial charge in [0.25, 0.3) is 5.91 Å². The lowest BCUT2D eigenvalue weighted by Gasteiger charge is -2.21. The Morgan fingerprint density at radius 1 is 1.15 bits per heavy atom. The molecule has 0 spiro atoms. The first-order valence-corrected chi connectivity index (χ1v) is 7.96. The topological polar surface area (TPSA) is 84.8 Å². The molecule has 0 radical (unpaired) electrons. The van der Waals surface area contributed by atoms with Crippen LogP contribution in [-0.4, -0.2) is 42.8 Å². The van der Waals surface area contributed by atoms with Crippen molar-refractivity contribution in [3.05, 3.63) is 30.1 Å². The van der Waals surface area contributed by atoms with Gasteiger partial charge in [0.15, 0.2) is 0 Å². The Morgan fingerprint density at radius 3 is 2.60 bits per heavy atom. The van der Waals surface area contributed by atoms with Gasteiger partial charge in [-0.25, -0.2) is 4.98 Å². The molecule has 6 nitrogen and oxygen atoms in total. The predicted molar refractivity (Wildman–Crippen MR) is 75.7 cm³/mol. The van der Waals surface area contributed by atoms with Crippen molar-refractivity contribution in [2.45, 2.75) is 18.9 Å². The van der Waals surface area contributed by atoms with Gasteiger partial charge in [0, 0.05) is 28.3 Å². The Hall–Kier alpha value is -1.89. The zero-order chi connectivity index (χ0) is 13.9. The molecule has 2 aromatic rings. The maximum atomic E-state index is 12.1. The molecular formula is C13H14N4O2S. The Kier molecular flexibility index (Phi) is 3.68. The number of rotatable bonds is 2. The van der Waals surface area contributed by atoms with Crippen molar-refractivity contribution in [3.8, 4) is 0 Å². The predicted octanol–water partition coefficient (Wildman–Crippen LogP) is 0.666. The molecule has 1 aromatic carbocycles. The standard InChI is InChI=1S/C13H14N4O2S/c18-13(14-9-5-7-20(19)8-6-9)12-15-10-3-1-2-4-11(10)16-17-12/h1-4,9H,5-8H2,(H,14,18). The van der Waals surface area contributed by atoms with Crippen LogP contribution in [0.4, 0.5) is 0 Å². The number of hydrogen-bond acceptors (Lipinski definition) is 5. The van der Waals surface area contributed by atoms with Crippen molar-refractivity contribution in [2.24, 2.45) is 0 Å². The Balaban J connectivity index is 1.73. The minimum absolute atomic E-state index is 0.0512. The first-order chi connectivity index (χ1) is 9.72. The number of carbonyl (C=O) groups excluding carboxylic acids is 1. The fourth-order valence-corrected chi connectivity index (χ4v) is 3.46. The van der Waals surface area contributed by atoms with E-state index in [-0.39, 0.29) is 17.8 Å². The second-order valence-electron chi connectivity index (χ2n) is 4.72. The number of nitrogens with zero attached hydrogens (tertiary/aromatic N) is 3. The lowest BCUT2D eigenvalue weighted by molar-refractivity contribution is 0.0923. The number of amides is 1. The van der Waals surface area contributed by atoms with Gasteiger partial charge in [-0.3, -0.25) is 9.00 Å². The van der Waals surface area contributed by atoms with Gasteiger partial charge in [-0.15, -0.1) is 10.2 Å². The molecule has 0 unspecified atom stereocenters. The second-order valence-corrected chi connectivity index (χ2v) is 6.42. The highest BCUT2D eigenvalue weighted by atomic mass is 32.2. The van der Waals surface area contributed by atoms with E-state index in [1.165, 1.54) is 0 Å². The summed E-state index contributed by atoms with van der Waals surface area (Å²) in [5, 5.41) is 10.7. The number of benzene rings is 1. The third-order valence-electron chi connectivity index (χ3n) is 3.29. The third-order valence-corrected chi connectivity index (χ3v) is 4.67. The highest BCUT2D eigenvalue weighted by Crippen LogP contribution is 2.10. The number of carbonyl (C=O) groups is 1. The first kappa shape index (κ1) is 13.1. The molecule has 0 saturated carbocycles. The van der Waals surface area contributed by atoms with Crippen LogP contribution in [-0.2, 0) is 10.8 Å². The zero-order valence-electron chi connectivity index (χ0n) is 10.8. The first-order valence-electron chi connectivity index (χ1n) is 6.48. The van der Waals surface area contributed by atoms with Crippen LogP contribution in [0, 0.1) is 0 Å². The fraction of sp³-hybridized carbons (Fsp3) is 0.385. The van der Waals surface area contributed by atoms with Gasteiger partial charge in [0.1, 0.15) is 5.52 Å². The van der Waals surface area contributed by atoms with Crippen molar-refractivity contribution in [1.82, 2.24) is 20.5 Å². The summed E-state index contributed by atoms with van der Waals surface area (Å²) in [6.07, 6.45) is 1.47. The monoisotopic (exact) mass is 290 g/mol. The summed E-state index contributed by atoms with van der Waals surface area (Å²) >= 11 is 0. The van der Waals surface area contributed by atoms with Gasteiger partial charge in [0.2, 0.25) is 5.82 Å². The molecule has 1 aliphatic rings. The smallest absolute Gasteiger partial charge is 0.291 e. The fourth-order valence-electron chi connectivity index (χ4n) is 2.17. The van der Waals surface area contributed by atoms with Gasteiger partial charge < -0.3 is 5.32 Å². The molecular weight excluding hydrogens is 276 g/mol. The molecule has 0 atom stereocenters. The second kappa shape index (κ2) is 5.62. The number of aromatic nitrogens is 3. The molecule has 1 aromatic heterocycles. The summed E-state index contributed by atoms with van der Waals surface area (Å²) in [6.45, 7) is 0. The van der Waals surface area contributed by atoms with E-state index in [1.807, 2.05) is 12.1 Å². The van der Waals surface area contributed by atoms with Crippen LogP contribution in [0.15, 0.2) is 24.3 Å². The van der Waals surface area contributed by atoms with E-state index in [4.69, 9.17) is 0 Å². The van der Waals surface area contributed by atoms with Crippen molar-refractivity contribution in [3.63, 3.8) is 0 Å². The minimum Gasteiger partial charge on any atom is -0.346 e. The molecule has 0 bridgehead atoms. The van der Waals surface area contributed by atoms with Crippen molar-refractivity contribution in [1.29, 1.82) is 0 Å². The van der Waals surface area contributed by atoms with E-state index in [9.17, 15) is 9.00 Å². The molecule has 0 aliphatic carbocycles. The van der Waals surface area contributed by atoms with Crippen molar-refractivity contribution in [2.75, 3.05) is 11.5 Å². The van der Waals surface area contributed by atoms with E-state index in [1.54, 1.807) is 12.1 Å². The number of para-hydroxylation sites is 1. The summed E-state index contributed by atoms with van der Waals surface area (Å²) in [5.74, 6) is 1.04. The Labute approximate surface area is 118 Å². The summed E-state index contributed by atoms with van der Waals surface area (Å²) in [7, 11) is -0.734. The molecule has 1 fully saturated rings. The minimum atomic E-state index is -0.734. The highest BCUT2D eigenvalue weighted by molar-refractivity contribution is 7.85. The normalized spacial score (nSPS) is 22.6. The van der Waals surface area contributed by atoms with Gasteiger partial charge in [-0.2, -0.15) is 0 Å². The van der Waals surface area contributed by atoms with Crippen molar-refractivity contribution < 1.29 is 9.00 Å². The molecule has 104 valence electrons. The van der Waals surface area contributed by atoms with Crippen LogP contribution in [0.5, 0.6) is 0 Å². The summed E-state index contributed by atoms with van der Waals surface area (Å²) in [5.41, 5.74) is 1.31. The molecule has 7 heteroatoms. The lowest BCUT2D eigenvalue weighted by Crippen LogP contribution is -2.40. The molecule has 2 heterocycles. The van der Waals surface area contributed by atoms with E-state index >= 15 is 0 Å². The van der Waals surface area contributed by atoms with Crippen LogP contribution in [0.25, 0.3) is 11.0 Å². The van der Waals surface area contributed by atoms with Gasteiger partial charge in [-0.05, 0) is 25.0 Å². The Bertz CT molecular complexity index is 666. The van der Waals surface area contributed by atoms with Gasteiger partial charge >= 0.3 is 0 Å². The quantitative estimate of drug-likeness (QED) is 0.878. The molecule has 1 amide bonds. The zero-order valence-corrected chi connectivity index (χ0v) is 11.6. The van der Waals surface area contributed by atoms with Crippen LogP contribution >= 0.6 is 0 Å². The molecule has 20 heavy (non-hydrogen) atoms. The maximum Gasteiger partial charge on any atom is 0.291 e. The average molecular weight is 290 g/mol. The SMILES string of the molecule is O=C(NC1CCS(=O)CC1)c1nnc2ccccc2n1. The third kappa shape index (κ3) is 2.82. The number of hydrogen-bond donors (Lipinski definition) is 1. The van der Waals surface area contributed by atoms with Gasteiger partial charge in [0.05, 0.1) is 5.52 Å².